The van der Waals surface area contributed by atoms with Crippen LogP contribution in [0.25, 0.3) is 11.0 Å². The van der Waals surface area contributed by atoms with Gasteiger partial charge in [-0.15, -0.1) is 0 Å². The number of nitrogens with zero attached hydrogens (tertiary/aromatic N) is 2. The van der Waals surface area contributed by atoms with E-state index in [0.29, 0.717) is 25.4 Å². The summed E-state index contributed by atoms with van der Waals surface area (Å²) in [6, 6.07) is 13.1. The highest BCUT2D eigenvalue weighted by molar-refractivity contribution is 7.70. The fraction of sp³-hybridized carbons (Fsp3) is 0.391. The fourth-order valence-corrected chi connectivity index (χ4v) is 4.62. The Hall–Kier alpha value is -2.67. The number of imidazole rings is 1. The summed E-state index contributed by atoms with van der Waals surface area (Å²) in [5.74, 6) is 1.27. The second-order valence-electron chi connectivity index (χ2n) is 7.97. The minimum absolute atomic E-state index is 0.00300. The Bertz CT molecular complexity index is 1140. The molecule has 8 nitrogen and oxygen atoms in total. The molecule has 0 radical (unpaired) electrons. The second kappa shape index (κ2) is 10.3. The van der Waals surface area contributed by atoms with Gasteiger partial charge in [-0.05, 0) is 37.9 Å². The summed E-state index contributed by atoms with van der Waals surface area (Å²) in [7, 11) is -2.28. The summed E-state index contributed by atoms with van der Waals surface area (Å²) in [5.41, 5.74) is 8.79. The number of amides is 1. The Balaban J connectivity index is 1.64. The fourth-order valence-electron chi connectivity index (χ4n) is 3.76. The number of fused-ring (bicyclic) bond motifs is 1. The van der Waals surface area contributed by atoms with Gasteiger partial charge in [-0.2, -0.15) is 0 Å². The molecule has 0 saturated heterocycles. The number of aryl methyl sites for hydroxylation is 1. The molecule has 0 aliphatic rings. The van der Waals surface area contributed by atoms with Crippen molar-refractivity contribution >= 4 is 29.4 Å². The Kier molecular flexibility index (Phi) is 7.72. The molecular weight excluding hydrogens is 427 g/mol. The molecule has 172 valence electrons. The Morgan fingerprint density at radius 1 is 1.22 bits per heavy atom. The van der Waals surface area contributed by atoms with Gasteiger partial charge >= 0.3 is 0 Å². The van der Waals surface area contributed by atoms with Crippen LogP contribution in [0, 0.1) is 0 Å². The first-order chi connectivity index (χ1) is 15.3. The molecule has 32 heavy (non-hydrogen) atoms. The van der Waals surface area contributed by atoms with Crippen LogP contribution in [0.15, 0.2) is 42.5 Å². The average molecular weight is 460 g/mol. The number of ether oxygens (including phenoxy) is 1. The van der Waals surface area contributed by atoms with Gasteiger partial charge in [-0.3, -0.25) is 4.79 Å². The predicted molar refractivity (Wildman–Crippen MR) is 126 cm³/mol. The van der Waals surface area contributed by atoms with E-state index in [-0.39, 0.29) is 19.1 Å². The number of hydrogen-bond donors (Lipinski definition) is 3. The standard InChI is InChI=1S/C23H31N4O4P/c1-4-26-20-10-7-18(13-21(20)27(11-12-28)23(26)14-24)31-16-22(29)25-15-17-5-8-19(9-6-17)32(2,3)30/h5-10,13,28H,4,11-12,14-16,24H2,1-3H3/p+1. The Morgan fingerprint density at radius 2 is 1.94 bits per heavy atom. The van der Waals surface area contributed by atoms with E-state index in [2.05, 4.69) is 9.88 Å². The maximum atomic E-state index is 12.3. The zero-order valence-electron chi connectivity index (χ0n) is 18.9. The number of hydrogen-bond acceptors (Lipinski definition) is 5. The zero-order valence-corrected chi connectivity index (χ0v) is 19.8. The molecule has 0 aliphatic heterocycles. The molecule has 0 atom stereocenters. The normalized spacial score (nSPS) is 11.7. The number of benzene rings is 2. The van der Waals surface area contributed by atoms with Crippen LogP contribution in [-0.4, -0.2) is 42.1 Å². The van der Waals surface area contributed by atoms with Gasteiger partial charge in [0.05, 0.1) is 19.7 Å². The van der Waals surface area contributed by atoms with Crippen molar-refractivity contribution < 1.29 is 23.8 Å². The third kappa shape index (κ3) is 5.38. The third-order valence-corrected chi connectivity index (χ3v) is 6.93. The van der Waals surface area contributed by atoms with Crippen molar-refractivity contribution in [2.75, 3.05) is 26.5 Å². The zero-order chi connectivity index (χ0) is 23.3. The van der Waals surface area contributed by atoms with Gasteiger partial charge in [0.25, 0.3) is 11.7 Å². The van der Waals surface area contributed by atoms with Crippen molar-refractivity contribution in [1.29, 1.82) is 0 Å². The van der Waals surface area contributed by atoms with E-state index in [0.717, 1.165) is 34.3 Å². The van der Waals surface area contributed by atoms with E-state index in [1.54, 1.807) is 13.3 Å². The lowest BCUT2D eigenvalue weighted by Gasteiger charge is -2.10. The number of aromatic nitrogens is 2. The molecule has 0 fully saturated rings. The molecule has 9 heteroatoms. The van der Waals surface area contributed by atoms with E-state index in [9.17, 15) is 14.5 Å². The summed E-state index contributed by atoms with van der Waals surface area (Å²) in [6.07, 6.45) is 0. The number of aliphatic hydroxyl groups is 1. The molecule has 1 amide bonds. The molecule has 3 rings (SSSR count). The van der Waals surface area contributed by atoms with Crippen LogP contribution < -0.4 is 25.7 Å². The molecule has 0 bridgehead atoms. The van der Waals surface area contributed by atoms with Crippen molar-refractivity contribution in [1.82, 2.24) is 9.88 Å². The van der Waals surface area contributed by atoms with Gasteiger partial charge < -0.3 is 25.5 Å². The number of nitrogens with two attached hydrogens (primary N) is 1. The quantitative estimate of drug-likeness (QED) is 0.313. The summed E-state index contributed by atoms with van der Waals surface area (Å²) in [4.78, 5) is 12.3. The third-order valence-electron chi connectivity index (χ3n) is 5.39. The van der Waals surface area contributed by atoms with Gasteiger partial charge in [0.2, 0.25) is 0 Å². The maximum Gasteiger partial charge on any atom is 0.271 e. The second-order valence-corrected chi connectivity index (χ2v) is 11.2. The van der Waals surface area contributed by atoms with Crippen LogP contribution >= 0.6 is 7.14 Å². The average Bonchev–Trinajstić information content (AvgIpc) is 3.08. The minimum atomic E-state index is -2.28. The van der Waals surface area contributed by atoms with Gasteiger partial charge in [0.15, 0.2) is 17.6 Å². The summed E-state index contributed by atoms with van der Waals surface area (Å²) in [5, 5.41) is 13.1. The monoisotopic (exact) mass is 459 g/mol. The van der Waals surface area contributed by atoms with Crippen LogP contribution in [0.5, 0.6) is 5.75 Å². The number of carbonyl (C=O) groups excluding carboxylic acids is 1. The van der Waals surface area contributed by atoms with E-state index >= 15 is 0 Å². The molecule has 0 saturated carbocycles. The van der Waals surface area contributed by atoms with Crippen molar-refractivity contribution in [2.45, 2.75) is 33.1 Å². The first kappa shape index (κ1) is 24.0. The number of carbonyl (C=O) groups is 1. The van der Waals surface area contributed by atoms with Gasteiger partial charge in [-0.1, -0.05) is 24.3 Å². The Labute approximate surface area is 188 Å². The molecule has 2 aromatic carbocycles. The van der Waals surface area contributed by atoms with Crippen molar-refractivity contribution in [3.8, 4) is 5.75 Å². The van der Waals surface area contributed by atoms with Gasteiger partial charge in [0, 0.05) is 17.9 Å². The van der Waals surface area contributed by atoms with Crippen LogP contribution in [0.4, 0.5) is 0 Å². The van der Waals surface area contributed by atoms with Crippen molar-refractivity contribution in [3.63, 3.8) is 0 Å². The number of nitrogens with one attached hydrogen (secondary N) is 1. The Morgan fingerprint density at radius 3 is 2.53 bits per heavy atom. The lowest BCUT2D eigenvalue weighted by Crippen LogP contribution is -2.38. The number of rotatable bonds is 10. The summed E-state index contributed by atoms with van der Waals surface area (Å²) < 4.78 is 21.9. The maximum absolute atomic E-state index is 12.3. The van der Waals surface area contributed by atoms with E-state index in [4.69, 9.17) is 10.5 Å². The highest BCUT2D eigenvalue weighted by Crippen LogP contribution is 2.34. The summed E-state index contributed by atoms with van der Waals surface area (Å²) in [6.45, 7) is 7.33. The van der Waals surface area contributed by atoms with E-state index in [1.807, 2.05) is 54.0 Å². The van der Waals surface area contributed by atoms with Crippen LogP contribution in [0.2, 0.25) is 0 Å². The SMILES string of the molecule is CC[n+]1c(CN)n(CCO)c2cc(OCC(=O)NCc3ccc(P(C)(C)=O)cc3)ccc21. The largest absolute Gasteiger partial charge is 0.484 e. The molecular formula is C23H32N4O4P+. The van der Waals surface area contributed by atoms with Crippen molar-refractivity contribution in [3.05, 3.63) is 53.9 Å². The first-order valence-electron chi connectivity index (χ1n) is 10.7. The number of aliphatic hydroxyl groups excluding tert-OH is 1. The van der Waals surface area contributed by atoms with Crippen molar-refractivity contribution in [2.24, 2.45) is 5.73 Å². The predicted octanol–water partition coefficient (Wildman–Crippen LogP) is 1.34. The molecule has 1 heterocycles. The van der Waals surface area contributed by atoms with E-state index < -0.39 is 7.14 Å². The lowest BCUT2D eigenvalue weighted by atomic mass is 10.2. The highest BCUT2D eigenvalue weighted by Gasteiger charge is 2.23. The van der Waals surface area contributed by atoms with Gasteiger partial charge in [-0.25, -0.2) is 9.13 Å². The molecule has 0 unspecified atom stereocenters. The van der Waals surface area contributed by atoms with Crippen LogP contribution in [-0.2, 0) is 35.5 Å². The molecule has 0 aliphatic carbocycles. The minimum Gasteiger partial charge on any atom is -0.484 e. The van der Waals surface area contributed by atoms with Crippen LogP contribution in [0.1, 0.15) is 18.3 Å². The first-order valence-corrected chi connectivity index (χ1v) is 13.3. The highest BCUT2D eigenvalue weighted by atomic mass is 31.2. The lowest BCUT2D eigenvalue weighted by molar-refractivity contribution is -0.676. The topological polar surface area (TPSA) is 110 Å². The summed E-state index contributed by atoms with van der Waals surface area (Å²) >= 11 is 0. The van der Waals surface area contributed by atoms with Crippen LogP contribution in [0.3, 0.4) is 0 Å². The molecule has 0 spiro atoms. The molecule has 3 aromatic rings. The van der Waals surface area contributed by atoms with E-state index in [1.165, 1.54) is 0 Å². The van der Waals surface area contributed by atoms with Gasteiger partial charge in [0.1, 0.15) is 19.4 Å². The molecule has 4 N–H and O–H groups in total. The smallest absolute Gasteiger partial charge is 0.271 e. The molecule has 1 aromatic heterocycles.